The van der Waals surface area contributed by atoms with Crippen LogP contribution in [0.3, 0.4) is 0 Å². The van der Waals surface area contributed by atoms with Gasteiger partial charge < -0.3 is 9.80 Å². The molecule has 7 nitrogen and oxygen atoms in total. The zero-order valence-corrected chi connectivity index (χ0v) is 14.4. The summed E-state index contributed by atoms with van der Waals surface area (Å²) in [7, 11) is 0.0170. The molecule has 0 aliphatic carbocycles. The molecular weight excluding hydrogens is 306 g/mol. The van der Waals surface area contributed by atoms with Gasteiger partial charge in [-0.3, -0.25) is 9.59 Å². The molecule has 2 fully saturated rings. The third kappa shape index (κ3) is 3.43. The van der Waals surface area contributed by atoms with Crippen molar-refractivity contribution in [3.8, 4) is 0 Å². The van der Waals surface area contributed by atoms with Crippen molar-refractivity contribution in [3.63, 3.8) is 0 Å². The minimum absolute atomic E-state index is 0.0756. The Kier molecular flexibility index (Phi) is 4.81. The highest BCUT2D eigenvalue weighted by molar-refractivity contribution is 7.88. The second-order valence-corrected chi connectivity index (χ2v) is 8.60. The van der Waals surface area contributed by atoms with E-state index in [1.807, 2.05) is 7.05 Å². The predicted molar refractivity (Wildman–Crippen MR) is 82.6 cm³/mol. The Bertz CT molecular complexity index is 562. The van der Waals surface area contributed by atoms with Crippen molar-refractivity contribution in [1.29, 1.82) is 0 Å². The molecule has 8 heteroatoms. The monoisotopic (exact) mass is 331 g/mol. The first-order valence-corrected chi connectivity index (χ1v) is 9.45. The van der Waals surface area contributed by atoms with Gasteiger partial charge in [0.05, 0.1) is 11.7 Å². The highest BCUT2D eigenvalue weighted by atomic mass is 32.2. The summed E-state index contributed by atoms with van der Waals surface area (Å²) in [6.07, 6.45) is 3.80. The number of sulfonamides is 1. The predicted octanol–water partition coefficient (Wildman–Crippen LogP) is -0.261. The normalized spacial score (nSPS) is 26.3. The van der Waals surface area contributed by atoms with Gasteiger partial charge in [-0.15, -0.1) is 0 Å². The van der Waals surface area contributed by atoms with Crippen LogP contribution in [0.2, 0.25) is 0 Å². The number of carbonyl (C=O) groups is 2. The molecule has 0 saturated carbocycles. The minimum Gasteiger partial charge on any atom is -0.345 e. The van der Waals surface area contributed by atoms with E-state index in [0.29, 0.717) is 19.5 Å². The van der Waals surface area contributed by atoms with E-state index in [9.17, 15) is 18.0 Å². The molecule has 0 radical (unpaired) electrons. The van der Waals surface area contributed by atoms with Crippen molar-refractivity contribution in [3.05, 3.63) is 0 Å². The van der Waals surface area contributed by atoms with E-state index in [-0.39, 0.29) is 24.8 Å². The summed E-state index contributed by atoms with van der Waals surface area (Å²) in [4.78, 5) is 28.2. The van der Waals surface area contributed by atoms with Gasteiger partial charge in [-0.25, -0.2) is 12.7 Å². The molecule has 22 heavy (non-hydrogen) atoms. The molecular formula is C14H25N3O4S. The fraction of sp³-hybridized carbons (Fsp3) is 0.857. The summed E-state index contributed by atoms with van der Waals surface area (Å²) in [5, 5.41) is 0. The molecule has 1 atom stereocenters. The van der Waals surface area contributed by atoms with Crippen LogP contribution < -0.4 is 0 Å². The Labute approximate surface area is 132 Å². The van der Waals surface area contributed by atoms with Gasteiger partial charge in [-0.05, 0) is 19.3 Å². The Morgan fingerprint density at radius 1 is 1.32 bits per heavy atom. The Hall–Kier alpha value is -1.15. The summed E-state index contributed by atoms with van der Waals surface area (Å²) < 4.78 is 23.9. The summed E-state index contributed by atoms with van der Waals surface area (Å²) in [6, 6.07) is 0. The van der Waals surface area contributed by atoms with Gasteiger partial charge in [0.15, 0.2) is 0 Å². The molecule has 0 aromatic heterocycles. The Morgan fingerprint density at radius 3 is 2.64 bits per heavy atom. The van der Waals surface area contributed by atoms with Crippen molar-refractivity contribution in [1.82, 2.24) is 14.1 Å². The topological polar surface area (TPSA) is 78.0 Å². The van der Waals surface area contributed by atoms with Crippen LogP contribution in [0.25, 0.3) is 0 Å². The average Bonchev–Trinajstić information content (AvgIpc) is 2.86. The van der Waals surface area contributed by atoms with Crippen LogP contribution in [-0.2, 0) is 19.6 Å². The van der Waals surface area contributed by atoms with E-state index in [2.05, 4.69) is 0 Å². The molecule has 1 spiro atoms. The van der Waals surface area contributed by atoms with Gasteiger partial charge in [0.2, 0.25) is 21.8 Å². The van der Waals surface area contributed by atoms with E-state index < -0.39 is 15.4 Å². The van der Waals surface area contributed by atoms with Gasteiger partial charge in [-0.1, -0.05) is 0 Å². The lowest BCUT2D eigenvalue weighted by atomic mass is 9.78. The van der Waals surface area contributed by atoms with E-state index in [1.54, 1.807) is 9.80 Å². The van der Waals surface area contributed by atoms with Crippen LogP contribution >= 0.6 is 0 Å². The number of carbonyl (C=O) groups excluding carboxylic acids is 2. The maximum Gasteiger partial charge on any atom is 0.230 e. The molecule has 2 saturated heterocycles. The number of amides is 2. The average molecular weight is 331 g/mol. The fourth-order valence-electron chi connectivity index (χ4n) is 3.31. The lowest BCUT2D eigenvalue weighted by molar-refractivity contribution is -0.144. The first kappa shape index (κ1) is 17.2. The molecule has 126 valence electrons. The quantitative estimate of drug-likeness (QED) is 0.711. The minimum atomic E-state index is -3.26. The summed E-state index contributed by atoms with van der Waals surface area (Å²) in [5.41, 5.74) is -0.411. The molecule has 2 aliphatic heterocycles. The Morgan fingerprint density at radius 2 is 2.00 bits per heavy atom. The van der Waals surface area contributed by atoms with Crippen molar-refractivity contribution < 1.29 is 18.0 Å². The summed E-state index contributed by atoms with van der Waals surface area (Å²) >= 11 is 0. The van der Waals surface area contributed by atoms with Crippen LogP contribution in [0.1, 0.15) is 25.7 Å². The molecule has 0 aromatic carbocycles. The van der Waals surface area contributed by atoms with Crippen LogP contribution in [0, 0.1) is 5.41 Å². The molecule has 0 aromatic rings. The number of likely N-dealkylation sites (tertiary alicyclic amines) is 2. The van der Waals surface area contributed by atoms with Gasteiger partial charge in [0.1, 0.15) is 0 Å². The van der Waals surface area contributed by atoms with Gasteiger partial charge in [0, 0.05) is 46.7 Å². The summed E-state index contributed by atoms with van der Waals surface area (Å²) in [5.74, 6) is 0.0655. The van der Waals surface area contributed by atoms with Crippen molar-refractivity contribution in [2.24, 2.45) is 5.41 Å². The molecule has 2 heterocycles. The fourth-order valence-corrected chi connectivity index (χ4v) is 3.73. The first-order chi connectivity index (χ1) is 10.2. The van der Waals surface area contributed by atoms with Crippen LogP contribution in [0.4, 0.5) is 0 Å². The zero-order chi connectivity index (χ0) is 16.5. The smallest absolute Gasteiger partial charge is 0.230 e. The maximum absolute atomic E-state index is 12.4. The van der Waals surface area contributed by atoms with Crippen molar-refractivity contribution in [2.45, 2.75) is 25.7 Å². The first-order valence-electron chi connectivity index (χ1n) is 7.60. The van der Waals surface area contributed by atoms with Gasteiger partial charge >= 0.3 is 0 Å². The molecule has 1 unspecified atom stereocenters. The van der Waals surface area contributed by atoms with Gasteiger partial charge in [-0.2, -0.15) is 0 Å². The SMILES string of the molecule is CN1CCCC2(CCN(C(=O)CCN(C)S(C)(=O)=O)C2)C1=O. The highest BCUT2D eigenvalue weighted by Crippen LogP contribution is 2.39. The van der Waals surface area contributed by atoms with Crippen LogP contribution in [0.15, 0.2) is 0 Å². The standard InChI is InChI=1S/C14H25N3O4S/c1-15-8-4-6-14(13(15)19)7-10-17(11-14)12(18)5-9-16(2)22(3,20)21/h4-11H2,1-3H3. The zero-order valence-electron chi connectivity index (χ0n) is 13.5. The summed E-state index contributed by atoms with van der Waals surface area (Å²) in [6.45, 7) is 2.02. The van der Waals surface area contributed by atoms with Crippen molar-refractivity contribution >= 4 is 21.8 Å². The second kappa shape index (κ2) is 6.16. The number of piperidine rings is 1. The molecule has 0 N–H and O–H groups in total. The third-order valence-corrected chi connectivity index (χ3v) is 6.18. The lowest BCUT2D eigenvalue weighted by Gasteiger charge is -2.37. The lowest BCUT2D eigenvalue weighted by Crippen LogP contribution is -2.48. The Balaban J connectivity index is 1.93. The number of rotatable bonds is 4. The molecule has 2 amide bonds. The second-order valence-electron chi connectivity index (χ2n) is 6.51. The van der Waals surface area contributed by atoms with Gasteiger partial charge in [0.25, 0.3) is 0 Å². The van der Waals surface area contributed by atoms with E-state index in [0.717, 1.165) is 25.6 Å². The van der Waals surface area contributed by atoms with Crippen molar-refractivity contribution in [2.75, 3.05) is 46.5 Å². The highest BCUT2D eigenvalue weighted by Gasteiger charge is 2.48. The number of hydrogen-bond donors (Lipinski definition) is 0. The van der Waals surface area contributed by atoms with Crippen LogP contribution in [-0.4, -0.2) is 80.9 Å². The number of nitrogens with zero attached hydrogens (tertiary/aromatic N) is 3. The maximum atomic E-state index is 12.4. The molecule has 2 aliphatic rings. The van der Waals surface area contributed by atoms with E-state index in [4.69, 9.17) is 0 Å². The molecule has 0 bridgehead atoms. The third-order valence-electron chi connectivity index (χ3n) is 4.86. The van der Waals surface area contributed by atoms with E-state index >= 15 is 0 Å². The van der Waals surface area contributed by atoms with E-state index in [1.165, 1.54) is 11.4 Å². The molecule has 2 rings (SSSR count). The largest absolute Gasteiger partial charge is 0.345 e. The number of hydrogen-bond acceptors (Lipinski definition) is 4. The van der Waals surface area contributed by atoms with Crippen LogP contribution in [0.5, 0.6) is 0 Å².